The molecule has 0 saturated carbocycles. The summed E-state index contributed by atoms with van der Waals surface area (Å²) in [7, 11) is 6.96. The van der Waals surface area contributed by atoms with E-state index in [0.717, 1.165) is 28.9 Å². The Labute approximate surface area is 179 Å². The highest BCUT2D eigenvalue weighted by atomic mass is 32.1. The fourth-order valence-corrected chi connectivity index (χ4v) is 4.01. The lowest BCUT2D eigenvalue weighted by Crippen LogP contribution is -2.33. The van der Waals surface area contributed by atoms with Crippen LogP contribution in [0.3, 0.4) is 0 Å². The van der Waals surface area contributed by atoms with Crippen molar-refractivity contribution in [1.29, 1.82) is 0 Å². The molecule has 1 amide bonds. The average molecular weight is 428 g/mol. The molecule has 0 fully saturated rings. The zero-order valence-electron chi connectivity index (χ0n) is 17.5. The number of hydrogen-bond donors (Lipinski definition) is 0. The van der Waals surface area contributed by atoms with E-state index < -0.39 is 5.97 Å². The predicted octanol–water partition coefficient (Wildman–Crippen LogP) is 3.69. The molecular weight excluding hydrogens is 402 g/mol. The first-order chi connectivity index (χ1) is 14.4. The summed E-state index contributed by atoms with van der Waals surface area (Å²) in [6.45, 7) is 1.39. The van der Waals surface area contributed by atoms with Crippen molar-refractivity contribution in [2.75, 3.05) is 46.3 Å². The number of nitrogens with zero attached hydrogens (tertiary/aromatic N) is 3. The number of carbonyl (C=O) groups excluding carboxylic acids is 2. The third-order valence-corrected chi connectivity index (χ3v) is 5.64. The van der Waals surface area contributed by atoms with E-state index in [4.69, 9.17) is 9.47 Å². The number of hydrogen-bond acceptors (Lipinski definition) is 7. The van der Waals surface area contributed by atoms with Crippen LogP contribution in [0.5, 0.6) is 5.75 Å². The molecule has 0 bridgehead atoms. The Morgan fingerprint density at radius 2 is 1.70 bits per heavy atom. The van der Waals surface area contributed by atoms with Crippen LogP contribution < -0.4 is 9.64 Å². The van der Waals surface area contributed by atoms with Crippen LogP contribution in [0.25, 0.3) is 10.2 Å². The molecule has 2 aromatic carbocycles. The summed E-state index contributed by atoms with van der Waals surface area (Å²) >= 11 is 1.45. The largest absolute Gasteiger partial charge is 0.497 e. The fourth-order valence-electron chi connectivity index (χ4n) is 2.99. The van der Waals surface area contributed by atoms with Gasteiger partial charge in [0.05, 0.1) is 30.0 Å². The first-order valence-corrected chi connectivity index (χ1v) is 10.3. The van der Waals surface area contributed by atoms with Crippen molar-refractivity contribution < 1.29 is 19.1 Å². The number of amides is 1. The Balaban J connectivity index is 1.91. The Morgan fingerprint density at radius 1 is 1.00 bits per heavy atom. The Morgan fingerprint density at radius 3 is 2.33 bits per heavy atom. The Kier molecular flexibility index (Phi) is 7.02. The van der Waals surface area contributed by atoms with Gasteiger partial charge in [0.2, 0.25) is 0 Å². The number of anilines is 1. The van der Waals surface area contributed by atoms with Crippen LogP contribution in [0, 0.1) is 0 Å². The second-order valence-corrected chi connectivity index (χ2v) is 8.02. The first kappa shape index (κ1) is 21.7. The van der Waals surface area contributed by atoms with E-state index in [1.807, 2.05) is 32.3 Å². The summed E-state index contributed by atoms with van der Waals surface area (Å²) in [5.74, 6) is 0.162. The van der Waals surface area contributed by atoms with Gasteiger partial charge in [0.15, 0.2) is 5.13 Å². The molecule has 8 heteroatoms. The van der Waals surface area contributed by atoms with Crippen LogP contribution in [0.1, 0.15) is 27.1 Å². The van der Waals surface area contributed by atoms with Crippen molar-refractivity contribution in [1.82, 2.24) is 9.88 Å². The number of esters is 1. The number of carbonyl (C=O) groups is 2. The molecular formula is C22H25N3O4S. The van der Waals surface area contributed by atoms with E-state index in [-0.39, 0.29) is 5.91 Å². The van der Waals surface area contributed by atoms with Gasteiger partial charge >= 0.3 is 5.97 Å². The summed E-state index contributed by atoms with van der Waals surface area (Å²) in [5, 5.41) is 0.638. The normalized spacial score (nSPS) is 11.0. The van der Waals surface area contributed by atoms with Crippen molar-refractivity contribution in [3.8, 4) is 5.75 Å². The van der Waals surface area contributed by atoms with Crippen molar-refractivity contribution in [3.05, 3.63) is 53.6 Å². The molecule has 3 rings (SSSR count). The van der Waals surface area contributed by atoms with Gasteiger partial charge in [-0.05, 0) is 69.5 Å². The second-order valence-electron chi connectivity index (χ2n) is 7.01. The molecule has 0 atom stereocenters. The van der Waals surface area contributed by atoms with Crippen LogP contribution in [0.4, 0.5) is 5.13 Å². The molecule has 158 valence electrons. The number of thiazole rings is 1. The molecule has 7 nitrogen and oxygen atoms in total. The highest BCUT2D eigenvalue weighted by Crippen LogP contribution is 2.32. The van der Waals surface area contributed by atoms with Crippen LogP contribution in [0.15, 0.2) is 42.5 Å². The predicted molar refractivity (Wildman–Crippen MR) is 119 cm³/mol. The topological polar surface area (TPSA) is 72.0 Å². The second kappa shape index (κ2) is 9.69. The maximum atomic E-state index is 13.3. The van der Waals surface area contributed by atoms with Crippen LogP contribution in [0.2, 0.25) is 0 Å². The van der Waals surface area contributed by atoms with E-state index in [0.29, 0.717) is 22.8 Å². The van der Waals surface area contributed by atoms with Gasteiger partial charge in [-0.2, -0.15) is 0 Å². The minimum Gasteiger partial charge on any atom is -0.497 e. The molecule has 0 N–H and O–H groups in total. The molecule has 1 heterocycles. The highest BCUT2D eigenvalue weighted by Gasteiger charge is 2.22. The van der Waals surface area contributed by atoms with Gasteiger partial charge in [-0.3, -0.25) is 9.69 Å². The molecule has 3 aromatic rings. The van der Waals surface area contributed by atoms with Gasteiger partial charge in [-0.1, -0.05) is 11.3 Å². The molecule has 0 unspecified atom stereocenters. The van der Waals surface area contributed by atoms with Crippen LogP contribution >= 0.6 is 11.3 Å². The molecule has 1 aromatic heterocycles. The first-order valence-electron chi connectivity index (χ1n) is 9.52. The van der Waals surface area contributed by atoms with E-state index in [1.165, 1.54) is 18.4 Å². The monoisotopic (exact) mass is 427 g/mol. The smallest absolute Gasteiger partial charge is 0.337 e. The van der Waals surface area contributed by atoms with Crippen molar-refractivity contribution in [2.45, 2.75) is 6.42 Å². The lowest BCUT2D eigenvalue weighted by Gasteiger charge is -2.21. The summed E-state index contributed by atoms with van der Waals surface area (Å²) in [6.07, 6.45) is 0.804. The number of ether oxygens (including phenoxy) is 2. The van der Waals surface area contributed by atoms with Crippen LogP contribution in [-0.4, -0.2) is 63.2 Å². The standard InChI is InChI=1S/C22H25N3O4S/c1-24(2)12-5-13-25(20(26)15-6-8-16(9-7-15)21(27)29-4)22-23-18-11-10-17(28-3)14-19(18)30-22/h6-11,14H,5,12-13H2,1-4H3. The van der Waals surface area contributed by atoms with Gasteiger partial charge in [0.1, 0.15) is 5.75 Å². The van der Waals surface area contributed by atoms with Crippen LogP contribution in [-0.2, 0) is 4.74 Å². The Bertz CT molecular complexity index is 1030. The lowest BCUT2D eigenvalue weighted by molar-refractivity contribution is 0.0600. The number of aromatic nitrogens is 1. The lowest BCUT2D eigenvalue weighted by atomic mass is 10.1. The van der Waals surface area contributed by atoms with Crippen molar-refractivity contribution in [3.63, 3.8) is 0 Å². The molecule has 0 radical (unpaired) electrons. The number of methoxy groups -OCH3 is 2. The molecule has 30 heavy (non-hydrogen) atoms. The zero-order chi connectivity index (χ0) is 21.7. The summed E-state index contributed by atoms with van der Waals surface area (Å²) in [5.41, 5.74) is 1.71. The molecule has 0 aliphatic rings. The minimum atomic E-state index is -0.433. The zero-order valence-corrected chi connectivity index (χ0v) is 18.4. The Hall–Kier alpha value is -2.97. The van der Waals surface area contributed by atoms with Gasteiger partial charge in [0, 0.05) is 12.1 Å². The molecule has 0 saturated heterocycles. The van der Waals surface area contributed by atoms with Gasteiger partial charge < -0.3 is 14.4 Å². The average Bonchev–Trinajstić information content (AvgIpc) is 3.18. The quantitative estimate of drug-likeness (QED) is 0.511. The third-order valence-electron chi connectivity index (χ3n) is 4.60. The summed E-state index contributed by atoms with van der Waals surface area (Å²) < 4.78 is 11.0. The number of fused-ring (bicyclic) bond motifs is 1. The summed E-state index contributed by atoms with van der Waals surface area (Å²) in [6, 6.07) is 12.1. The number of rotatable bonds is 8. The third kappa shape index (κ3) is 4.95. The summed E-state index contributed by atoms with van der Waals surface area (Å²) in [4.78, 5) is 33.4. The van der Waals surface area contributed by atoms with Gasteiger partial charge in [-0.25, -0.2) is 9.78 Å². The van der Waals surface area contributed by atoms with Crippen molar-refractivity contribution in [2.24, 2.45) is 0 Å². The maximum absolute atomic E-state index is 13.3. The van der Waals surface area contributed by atoms with Crippen molar-refractivity contribution >= 4 is 38.6 Å². The highest BCUT2D eigenvalue weighted by molar-refractivity contribution is 7.22. The van der Waals surface area contributed by atoms with E-state index in [9.17, 15) is 9.59 Å². The van der Waals surface area contributed by atoms with Gasteiger partial charge in [0.25, 0.3) is 5.91 Å². The van der Waals surface area contributed by atoms with E-state index in [1.54, 1.807) is 36.3 Å². The SMILES string of the molecule is COC(=O)c1ccc(C(=O)N(CCCN(C)C)c2nc3ccc(OC)cc3s2)cc1. The molecule has 0 spiro atoms. The molecule has 0 aliphatic carbocycles. The van der Waals surface area contributed by atoms with Gasteiger partial charge in [-0.15, -0.1) is 0 Å². The van der Waals surface area contributed by atoms with E-state index >= 15 is 0 Å². The number of benzene rings is 2. The maximum Gasteiger partial charge on any atom is 0.337 e. The minimum absolute atomic E-state index is 0.156. The fraction of sp³-hybridized carbons (Fsp3) is 0.318. The van der Waals surface area contributed by atoms with E-state index in [2.05, 4.69) is 9.88 Å². The molecule has 0 aliphatic heterocycles.